The third kappa shape index (κ3) is 8.34. The summed E-state index contributed by atoms with van der Waals surface area (Å²) in [6.07, 6.45) is 2.69. The molecule has 0 aliphatic rings. The Balaban J connectivity index is 0. The van der Waals surface area contributed by atoms with Crippen LogP contribution in [0.5, 0.6) is 0 Å². The molecule has 0 amide bonds. The average molecular weight is 230 g/mol. The van der Waals surface area contributed by atoms with Crippen LogP contribution in [0.2, 0.25) is 0 Å². The topological polar surface area (TPSA) is 52.3 Å². The molecule has 0 aromatic rings. The van der Waals surface area contributed by atoms with Crippen molar-refractivity contribution in [1.29, 1.82) is 0 Å². The van der Waals surface area contributed by atoms with Gasteiger partial charge in [0.15, 0.2) is 5.56 Å². The molecular formula is C8H17Cl2NO2. The molecule has 0 fully saturated rings. The molecule has 13 heavy (non-hydrogen) atoms. The Morgan fingerprint density at radius 2 is 2.15 bits per heavy atom. The number of carbonyl (C=O) groups excluding carboxylic acids is 1. The number of hydrogen-bond donors (Lipinski definition) is 1. The van der Waals surface area contributed by atoms with Gasteiger partial charge in [0.2, 0.25) is 0 Å². The molecular weight excluding hydrogens is 213 g/mol. The molecule has 0 bridgehead atoms. The molecule has 0 aliphatic heterocycles. The van der Waals surface area contributed by atoms with Gasteiger partial charge >= 0.3 is 5.97 Å². The largest absolute Gasteiger partial charge is 0.445 e. The zero-order valence-corrected chi connectivity index (χ0v) is 9.53. The van der Waals surface area contributed by atoms with E-state index in [2.05, 4.69) is 6.92 Å². The van der Waals surface area contributed by atoms with Gasteiger partial charge in [-0.25, -0.2) is 0 Å². The SMILES string of the molecule is CCCCC(Cl)OC(=O)[C@H](C)N.Cl. The predicted molar refractivity (Wildman–Crippen MR) is 56.2 cm³/mol. The first-order valence-electron chi connectivity index (χ1n) is 4.18. The summed E-state index contributed by atoms with van der Waals surface area (Å²) in [4.78, 5) is 10.9. The van der Waals surface area contributed by atoms with Crippen molar-refractivity contribution in [2.24, 2.45) is 5.73 Å². The molecule has 3 nitrogen and oxygen atoms in total. The van der Waals surface area contributed by atoms with Crippen LogP contribution in [0.25, 0.3) is 0 Å². The van der Waals surface area contributed by atoms with Crippen LogP contribution in [0, 0.1) is 0 Å². The molecule has 2 atom stereocenters. The second-order valence-electron chi connectivity index (χ2n) is 2.78. The Morgan fingerprint density at radius 1 is 1.62 bits per heavy atom. The van der Waals surface area contributed by atoms with Crippen molar-refractivity contribution in [3.8, 4) is 0 Å². The number of halogens is 2. The van der Waals surface area contributed by atoms with Crippen LogP contribution in [-0.4, -0.2) is 17.6 Å². The molecule has 5 heteroatoms. The summed E-state index contributed by atoms with van der Waals surface area (Å²) in [5.41, 5.74) is 4.76. The van der Waals surface area contributed by atoms with Gasteiger partial charge in [0.25, 0.3) is 0 Å². The van der Waals surface area contributed by atoms with Gasteiger partial charge < -0.3 is 10.5 Å². The van der Waals surface area contributed by atoms with E-state index in [4.69, 9.17) is 22.1 Å². The van der Waals surface area contributed by atoms with E-state index in [9.17, 15) is 4.79 Å². The Hall–Kier alpha value is 0.01000. The van der Waals surface area contributed by atoms with E-state index in [1.165, 1.54) is 0 Å². The van der Waals surface area contributed by atoms with Gasteiger partial charge in [-0.15, -0.1) is 12.4 Å². The van der Waals surface area contributed by atoms with E-state index < -0.39 is 17.6 Å². The van der Waals surface area contributed by atoms with Crippen LogP contribution in [0.3, 0.4) is 0 Å². The normalized spacial score (nSPS) is 14.2. The average Bonchev–Trinajstić information content (AvgIpc) is 2.00. The summed E-state index contributed by atoms with van der Waals surface area (Å²) in [6, 6.07) is -0.590. The third-order valence-corrected chi connectivity index (χ3v) is 1.71. The van der Waals surface area contributed by atoms with Crippen LogP contribution < -0.4 is 5.73 Å². The monoisotopic (exact) mass is 229 g/mol. The van der Waals surface area contributed by atoms with Crippen molar-refractivity contribution in [3.05, 3.63) is 0 Å². The summed E-state index contributed by atoms with van der Waals surface area (Å²) in [7, 11) is 0. The number of carbonyl (C=O) groups is 1. The number of hydrogen-bond acceptors (Lipinski definition) is 3. The maximum atomic E-state index is 10.9. The lowest BCUT2D eigenvalue weighted by molar-refractivity contribution is -0.146. The zero-order chi connectivity index (χ0) is 9.56. The van der Waals surface area contributed by atoms with E-state index in [-0.39, 0.29) is 12.4 Å². The fourth-order valence-electron chi connectivity index (χ4n) is 0.657. The fourth-order valence-corrected chi connectivity index (χ4v) is 0.899. The highest BCUT2D eigenvalue weighted by Crippen LogP contribution is 2.09. The molecule has 0 saturated carbocycles. The number of ether oxygens (including phenoxy) is 1. The molecule has 0 rings (SSSR count). The number of rotatable bonds is 5. The second-order valence-corrected chi connectivity index (χ2v) is 3.26. The van der Waals surface area contributed by atoms with Crippen LogP contribution in [0.4, 0.5) is 0 Å². The summed E-state index contributed by atoms with van der Waals surface area (Å²) in [6.45, 7) is 3.63. The van der Waals surface area contributed by atoms with Crippen molar-refractivity contribution in [2.45, 2.75) is 44.7 Å². The van der Waals surface area contributed by atoms with E-state index in [0.29, 0.717) is 6.42 Å². The molecule has 2 N–H and O–H groups in total. The molecule has 0 aromatic heterocycles. The zero-order valence-electron chi connectivity index (χ0n) is 7.96. The predicted octanol–water partition coefficient (Wildman–Crippen LogP) is 2.05. The number of esters is 1. The van der Waals surface area contributed by atoms with Gasteiger partial charge in [-0.05, 0) is 19.8 Å². The second kappa shape index (κ2) is 8.60. The molecule has 0 radical (unpaired) electrons. The van der Waals surface area contributed by atoms with Gasteiger partial charge in [0.1, 0.15) is 6.04 Å². The van der Waals surface area contributed by atoms with E-state index in [1.54, 1.807) is 6.92 Å². The molecule has 0 aromatic carbocycles. The maximum Gasteiger partial charge on any atom is 0.324 e. The number of nitrogens with two attached hydrogens (primary N) is 1. The summed E-state index contributed by atoms with van der Waals surface area (Å²) in [5.74, 6) is -0.439. The summed E-state index contributed by atoms with van der Waals surface area (Å²) in [5, 5.41) is 0. The van der Waals surface area contributed by atoms with Crippen molar-refractivity contribution in [3.63, 3.8) is 0 Å². The first-order chi connectivity index (χ1) is 5.57. The first kappa shape index (κ1) is 15.5. The standard InChI is InChI=1S/C8H16ClNO2.ClH/c1-3-4-5-7(9)12-8(11)6(2)10;/h6-7H,3-5,10H2,1-2H3;1H/t6-,7?;/m0./s1. The molecule has 1 unspecified atom stereocenters. The van der Waals surface area contributed by atoms with E-state index in [0.717, 1.165) is 12.8 Å². The molecule has 0 heterocycles. The Morgan fingerprint density at radius 3 is 2.54 bits per heavy atom. The van der Waals surface area contributed by atoms with E-state index in [1.807, 2.05) is 0 Å². The highest BCUT2D eigenvalue weighted by atomic mass is 35.5. The van der Waals surface area contributed by atoms with E-state index >= 15 is 0 Å². The van der Waals surface area contributed by atoms with Crippen LogP contribution in [0.1, 0.15) is 33.1 Å². The van der Waals surface area contributed by atoms with Gasteiger partial charge in [0, 0.05) is 0 Å². The van der Waals surface area contributed by atoms with Gasteiger partial charge in [-0.2, -0.15) is 0 Å². The molecule has 80 valence electrons. The van der Waals surface area contributed by atoms with Crippen LogP contribution >= 0.6 is 24.0 Å². The highest BCUT2D eigenvalue weighted by molar-refractivity contribution is 6.20. The highest BCUT2D eigenvalue weighted by Gasteiger charge is 2.13. The van der Waals surface area contributed by atoms with Crippen molar-refractivity contribution in [2.75, 3.05) is 0 Å². The third-order valence-electron chi connectivity index (χ3n) is 1.40. The minimum atomic E-state index is -0.590. The van der Waals surface area contributed by atoms with Crippen LogP contribution in [-0.2, 0) is 9.53 Å². The Labute approximate surface area is 90.4 Å². The minimum Gasteiger partial charge on any atom is -0.445 e. The lowest BCUT2D eigenvalue weighted by Gasteiger charge is -2.11. The van der Waals surface area contributed by atoms with Gasteiger partial charge in [-0.1, -0.05) is 24.9 Å². The minimum absolute atomic E-state index is 0. The summed E-state index contributed by atoms with van der Waals surface area (Å²) >= 11 is 5.70. The van der Waals surface area contributed by atoms with Gasteiger partial charge in [0.05, 0.1) is 0 Å². The maximum absolute atomic E-state index is 10.9. The van der Waals surface area contributed by atoms with Crippen molar-refractivity contribution in [1.82, 2.24) is 0 Å². The quantitative estimate of drug-likeness (QED) is 0.580. The number of alkyl halides is 1. The molecule has 0 spiro atoms. The smallest absolute Gasteiger partial charge is 0.324 e. The lowest BCUT2D eigenvalue weighted by atomic mass is 10.3. The van der Waals surface area contributed by atoms with Crippen molar-refractivity contribution < 1.29 is 9.53 Å². The van der Waals surface area contributed by atoms with Gasteiger partial charge in [-0.3, -0.25) is 4.79 Å². The summed E-state index contributed by atoms with van der Waals surface area (Å²) < 4.78 is 4.82. The first-order valence-corrected chi connectivity index (χ1v) is 4.61. The molecule has 0 saturated heterocycles. The fraction of sp³-hybridized carbons (Fsp3) is 0.875. The molecule has 0 aliphatic carbocycles. The lowest BCUT2D eigenvalue weighted by Crippen LogP contribution is -2.30. The van der Waals surface area contributed by atoms with Crippen LogP contribution in [0.15, 0.2) is 0 Å². The Bertz CT molecular complexity index is 142. The Kier molecular flexibility index (Phi) is 10.2. The van der Waals surface area contributed by atoms with Crippen molar-refractivity contribution >= 4 is 30.0 Å². The number of unbranched alkanes of at least 4 members (excludes halogenated alkanes) is 1.